The number of pyridine rings is 1. The first-order chi connectivity index (χ1) is 13.5. The van der Waals surface area contributed by atoms with E-state index in [4.69, 9.17) is 14.6 Å². The van der Waals surface area contributed by atoms with Crippen LogP contribution in [-0.2, 0) is 6.42 Å². The van der Waals surface area contributed by atoms with Crippen molar-refractivity contribution >= 4 is 22.8 Å². The molecule has 0 atom stereocenters. The number of aromatic carboxylic acids is 1. The molecule has 28 heavy (non-hydrogen) atoms. The van der Waals surface area contributed by atoms with E-state index in [1.54, 1.807) is 14.2 Å². The summed E-state index contributed by atoms with van der Waals surface area (Å²) in [7, 11) is 3.22. The van der Waals surface area contributed by atoms with Crippen LogP contribution in [0.25, 0.3) is 10.9 Å². The molecule has 0 saturated heterocycles. The van der Waals surface area contributed by atoms with E-state index in [0.29, 0.717) is 18.7 Å². The van der Waals surface area contributed by atoms with Crippen LogP contribution < -0.4 is 14.8 Å². The first-order valence-electron chi connectivity index (χ1n) is 8.74. The van der Waals surface area contributed by atoms with E-state index in [2.05, 4.69) is 15.3 Å². The Morgan fingerprint density at radius 1 is 1.14 bits per heavy atom. The highest BCUT2D eigenvalue weighted by Crippen LogP contribution is 2.31. The molecule has 3 N–H and O–H groups in total. The maximum absolute atomic E-state index is 12.1. The minimum Gasteiger partial charge on any atom is -0.497 e. The lowest BCUT2D eigenvalue weighted by molar-refractivity contribution is 0.0690. The van der Waals surface area contributed by atoms with Crippen molar-refractivity contribution in [1.82, 2.24) is 15.3 Å². The quantitative estimate of drug-likeness (QED) is 0.515. The minimum atomic E-state index is -1.17. The zero-order chi connectivity index (χ0) is 20.1. The number of ether oxygens (including phenoxy) is 2. The number of hydrogen-bond acceptors (Lipinski definition) is 5. The predicted molar refractivity (Wildman–Crippen MR) is 103 cm³/mol. The van der Waals surface area contributed by atoms with Gasteiger partial charge in [0.25, 0.3) is 5.91 Å². The number of methoxy groups -OCH3 is 2. The summed E-state index contributed by atoms with van der Waals surface area (Å²) < 4.78 is 10.7. The van der Waals surface area contributed by atoms with Gasteiger partial charge in [-0.3, -0.25) is 4.79 Å². The molecule has 1 amide bonds. The number of carbonyl (C=O) groups excluding carboxylic acids is 1. The van der Waals surface area contributed by atoms with Crippen LogP contribution in [0.15, 0.2) is 36.4 Å². The molecule has 0 unspecified atom stereocenters. The molecule has 146 valence electrons. The molecular weight excluding hydrogens is 362 g/mol. The molecule has 0 fully saturated rings. The first kappa shape index (κ1) is 19.2. The third-order valence-electron chi connectivity index (χ3n) is 4.29. The van der Waals surface area contributed by atoms with Crippen LogP contribution in [0.5, 0.6) is 11.5 Å². The number of rotatable bonds is 8. The third-order valence-corrected chi connectivity index (χ3v) is 4.29. The van der Waals surface area contributed by atoms with Crippen molar-refractivity contribution in [3.8, 4) is 11.5 Å². The molecule has 0 bridgehead atoms. The van der Waals surface area contributed by atoms with E-state index in [-0.39, 0.29) is 11.4 Å². The topological polar surface area (TPSA) is 114 Å². The van der Waals surface area contributed by atoms with Crippen LogP contribution in [0.2, 0.25) is 0 Å². The molecule has 3 aromatic rings. The lowest BCUT2D eigenvalue weighted by Gasteiger charge is -2.05. The number of nitrogens with one attached hydrogen (secondary N) is 2. The Labute approximate surface area is 161 Å². The number of carboxylic acids is 1. The van der Waals surface area contributed by atoms with E-state index in [0.717, 1.165) is 28.8 Å². The molecule has 3 rings (SSSR count). The summed E-state index contributed by atoms with van der Waals surface area (Å²) in [6.45, 7) is 0.438. The average Bonchev–Trinajstić information content (AvgIpc) is 3.13. The number of hydrogen-bond donors (Lipinski definition) is 3. The molecule has 0 saturated carbocycles. The summed E-state index contributed by atoms with van der Waals surface area (Å²) in [6, 6.07) is 10.1. The molecule has 0 aliphatic carbocycles. The summed E-state index contributed by atoms with van der Waals surface area (Å²) in [6.07, 6.45) is 1.43. The van der Waals surface area contributed by atoms with Crippen molar-refractivity contribution in [2.45, 2.75) is 12.8 Å². The number of carboxylic acid groups (broad SMARTS) is 1. The van der Waals surface area contributed by atoms with Crippen LogP contribution in [0.3, 0.4) is 0 Å². The smallest absolute Gasteiger partial charge is 0.354 e. The highest BCUT2D eigenvalue weighted by molar-refractivity contribution is 5.94. The van der Waals surface area contributed by atoms with Gasteiger partial charge in [-0.25, -0.2) is 9.78 Å². The monoisotopic (exact) mass is 383 g/mol. The molecule has 1 aromatic carbocycles. The summed E-state index contributed by atoms with van der Waals surface area (Å²) in [5.41, 5.74) is 1.86. The van der Waals surface area contributed by atoms with E-state index < -0.39 is 11.9 Å². The van der Waals surface area contributed by atoms with Gasteiger partial charge in [-0.2, -0.15) is 0 Å². The SMILES string of the molecule is COc1cc(OC)c2cc(CCCNC(=O)c3cccc(C(=O)O)n3)[nH]c2c1. The lowest BCUT2D eigenvalue weighted by Crippen LogP contribution is -2.26. The van der Waals surface area contributed by atoms with Crippen LogP contribution >= 0.6 is 0 Å². The second-order valence-electron chi connectivity index (χ2n) is 6.16. The zero-order valence-electron chi connectivity index (χ0n) is 15.6. The van der Waals surface area contributed by atoms with Gasteiger partial charge in [-0.1, -0.05) is 6.07 Å². The van der Waals surface area contributed by atoms with Gasteiger partial charge in [0, 0.05) is 29.8 Å². The Balaban J connectivity index is 1.58. The van der Waals surface area contributed by atoms with E-state index in [1.807, 2.05) is 18.2 Å². The van der Waals surface area contributed by atoms with Crippen LogP contribution in [0.4, 0.5) is 0 Å². The Morgan fingerprint density at radius 3 is 2.64 bits per heavy atom. The molecule has 0 aliphatic rings. The van der Waals surface area contributed by atoms with Crippen LogP contribution in [0, 0.1) is 0 Å². The van der Waals surface area contributed by atoms with Gasteiger partial charge in [0.15, 0.2) is 0 Å². The van der Waals surface area contributed by atoms with E-state index in [9.17, 15) is 9.59 Å². The number of aromatic nitrogens is 2. The molecule has 8 heteroatoms. The normalized spacial score (nSPS) is 10.6. The number of H-pyrrole nitrogens is 1. The van der Waals surface area contributed by atoms with Crippen molar-refractivity contribution < 1.29 is 24.2 Å². The fraction of sp³-hybridized carbons (Fsp3) is 0.250. The van der Waals surface area contributed by atoms with Gasteiger partial charge in [0.1, 0.15) is 22.9 Å². The Kier molecular flexibility index (Phi) is 5.78. The van der Waals surface area contributed by atoms with Gasteiger partial charge in [0.2, 0.25) is 0 Å². The molecule has 0 radical (unpaired) electrons. The molecule has 0 spiro atoms. The van der Waals surface area contributed by atoms with E-state index in [1.165, 1.54) is 18.2 Å². The maximum atomic E-state index is 12.1. The van der Waals surface area contributed by atoms with Crippen molar-refractivity contribution in [3.05, 3.63) is 53.5 Å². The molecule has 2 heterocycles. The summed E-state index contributed by atoms with van der Waals surface area (Å²) in [5, 5.41) is 12.7. The molecule has 2 aromatic heterocycles. The van der Waals surface area contributed by atoms with Crippen molar-refractivity contribution in [2.75, 3.05) is 20.8 Å². The highest BCUT2D eigenvalue weighted by atomic mass is 16.5. The molecule has 0 aliphatic heterocycles. The number of carbonyl (C=O) groups is 2. The third kappa shape index (κ3) is 4.22. The largest absolute Gasteiger partial charge is 0.497 e. The number of fused-ring (bicyclic) bond motifs is 1. The van der Waals surface area contributed by atoms with Crippen molar-refractivity contribution in [2.24, 2.45) is 0 Å². The lowest BCUT2D eigenvalue weighted by atomic mass is 10.2. The number of aromatic amines is 1. The van der Waals surface area contributed by atoms with Crippen molar-refractivity contribution in [1.29, 1.82) is 0 Å². The van der Waals surface area contributed by atoms with Gasteiger partial charge in [0.05, 0.1) is 19.7 Å². The highest BCUT2D eigenvalue weighted by Gasteiger charge is 2.12. The number of benzene rings is 1. The summed E-state index contributed by atoms with van der Waals surface area (Å²) in [4.78, 5) is 30.2. The molecule has 8 nitrogen and oxygen atoms in total. The maximum Gasteiger partial charge on any atom is 0.354 e. The standard InChI is InChI=1S/C20H21N3O5/c1-27-13-10-17-14(18(11-13)28-2)9-12(22-17)5-4-8-21-19(24)15-6-3-7-16(23-15)20(25)26/h3,6-7,9-11,22H,4-5,8H2,1-2H3,(H,21,24)(H,25,26). The fourth-order valence-corrected chi connectivity index (χ4v) is 2.91. The fourth-order valence-electron chi connectivity index (χ4n) is 2.91. The second kappa shape index (κ2) is 8.43. The second-order valence-corrected chi connectivity index (χ2v) is 6.16. The minimum absolute atomic E-state index is 0.0855. The first-order valence-corrected chi connectivity index (χ1v) is 8.74. The van der Waals surface area contributed by atoms with E-state index >= 15 is 0 Å². The number of aryl methyl sites for hydroxylation is 1. The van der Waals surface area contributed by atoms with Crippen LogP contribution in [0.1, 0.15) is 33.1 Å². The Morgan fingerprint density at radius 2 is 1.93 bits per heavy atom. The van der Waals surface area contributed by atoms with Crippen LogP contribution in [-0.4, -0.2) is 47.7 Å². The van der Waals surface area contributed by atoms with Gasteiger partial charge < -0.3 is 24.9 Å². The number of nitrogens with zero attached hydrogens (tertiary/aromatic N) is 1. The van der Waals surface area contributed by atoms with Crippen molar-refractivity contribution in [3.63, 3.8) is 0 Å². The average molecular weight is 383 g/mol. The Bertz CT molecular complexity index is 1010. The Hall–Kier alpha value is -3.55. The van der Waals surface area contributed by atoms with Gasteiger partial charge in [-0.15, -0.1) is 0 Å². The molecular formula is C20H21N3O5. The number of amides is 1. The summed E-state index contributed by atoms with van der Waals surface area (Å²) >= 11 is 0. The van der Waals surface area contributed by atoms with Gasteiger partial charge >= 0.3 is 5.97 Å². The van der Waals surface area contributed by atoms with Gasteiger partial charge in [-0.05, 0) is 31.0 Å². The summed E-state index contributed by atoms with van der Waals surface area (Å²) in [5.74, 6) is -0.123. The zero-order valence-corrected chi connectivity index (χ0v) is 15.6. The predicted octanol–water partition coefficient (Wildman–Crippen LogP) is 2.64.